The molecule has 1 heterocycles. The van der Waals surface area contributed by atoms with Crippen molar-refractivity contribution in [2.75, 3.05) is 32.7 Å². The molecule has 10 heteroatoms. The maximum Gasteiger partial charge on any atom is 0.416 e. The molecule has 1 saturated heterocycles. The normalized spacial score (nSPS) is 21.1. The lowest BCUT2D eigenvalue weighted by atomic mass is 9.92. The molecule has 164 valence electrons. The highest BCUT2D eigenvalue weighted by atomic mass is 32.2. The Bertz CT molecular complexity index is 789. The molecule has 1 aliphatic heterocycles. The first-order chi connectivity index (χ1) is 13.5. The van der Waals surface area contributed by atoms with Crippen LogP contribution >= 0.6 is 0 Å². The topological polar surface area (TPSA) is 78.5 Å². The fourth-order valence-electron chi connectivity index (χ4n) is 3.65. The van der Waals surface area contributed by atoms with Crippen molar-refractivity contribution in [1.29, 1.82) is 0 Å². The lowest BCUT2D eigenvalue weighted by Gasteiger charge is -2.34. The van der Waals surface area contributed by atoms with Gasteiger partial charge in [-0.25, -0.2) is 13.1 Å². The average Bonchev–Trinajstić information content (AvgIpc) is 2.62. The van der Waals surface area contributed by atoms with Crippen molar-refractivity contribution >= 4 is 15.9 Å². The standard InChI is InChI=1S/C19H28F3N3O3S/c1-14-9-15(2)13-25(12-14)8-4-7-23-18(26)11-24-29(27,28)17-6-3-5-16(10-17)19(20,21)22/h3,5-6,10,14-15,24H,4,7-9,11-13H2,1-2H3,(H,23,26). The van der Waals surface area contributed by atoms with Gasteiger partial charge in [-0.2, -0.15) is 13.2 Å². The van der Waals surface area contributed by atoms with Crippen molar-refractivity contribution in [1.82, 2.24) is 14.9 Å². The molecule has 0 bridgehead atoms. The maximum absolute atomic E-state index is 12.7. The van der Waals surface area contributed by atoms with Gasteiger partial charge in [-0.05, 0) is 49.4 Å². The molecule has 0 saturated carbocycles. The van der Waals surface area contributed by atoms with Crippen LogP contribution in [0.1, 0.15) is 32.3 Å². The quantitative estimate of drug-likeness (QED) is 0.615. The molecule has 29 heavy (non-hydrogen) atoms. The average molecular weight is 436 g/mol. The van der Waals surface area contributed by atoms with E-state index in [1.807, 2.05) is 4.72 Å². The zero-order chi connectivity index (χ0) is 21.7. The summed E-state index contributed by atoms with van der Waals surface area (Å²) in [4.78, 5) is 13.7. The van der Waals surface area contributed by atoms with Crippen LogP contribution in [0.4, 0.5) is 13.2 Å². The molecule has 1 aromatic rings. The number of benzene rings is 1. The summed E-state index contributed by atoms with van der Waals surface area (Å²) in [5, 5.41) is 2.63. The molecular formula is C19H28F3N3O3S. The van der Waals surface area contributed by atoms with Crippen molar-refractivity contribution < 1.29 is 26.4 Å². The lowest BCUT2D eigenvalue weighted by molar-refractivity contribution is -0.137. The maximum atomic E-state index is 12.7. The van der Waals surface area contributed by atoms with Crippen LogP contribution in [0.3, 0.4) is 0 Å². The Morgan fingerprint density at radius 1 is 1.21 bits per heavy atom. The summed E-state index contributed by atoms with van der Waals surface area (Å²) in [5.74, 6) is 0.776. The molecule has 0 aromatic heterocycles. The number of carbonyl (C=O) groups excluding carboxylic acids is 1. The molecule has 0 radical (unpaired) electrons. The van der Waals surface area contributed by atoms with Gasteiger partial charge in [0.15, 0.2) is 0 Å². The number of amides is 1. The zero-order valence-electron chi connectivity index (χ0n) is 16.6. The van der Waals surface area contributed by atoms with Gasteiger partial charge in [-0.15, -0.1) is 0 Å². The van der Waals surface area contributed by atoms with E-state index >= 15 is 0 Å². The van der Waals surface area contributed by atoms with Gasteiger partial charge in [0.05, 0.1) is 17.0 Å². The van der Waals surface area contributed by atoms with Crippen molar-refractivity contribution in [2.45, 2.75) is 37.8 Å². The minimum Gasteiger partial charge on any atom is -0.355 e. The monoisotopic (exact) mass is 435 g/mol. The molecule has 2 atom stereocenters. The van der Waals surface area contributed by atoms with Crippen molar-refractivity contribution in [3.8, 4) is 0 Å². The number of nitrogens with one attached hydrogen (secondary N) is 2. The number of halogens is 3. The Morgan fingerprint density at radius 3 is 2.48 bits per heavy atom. The van der Waals surface area contributed by atoms with E-state index in [0.29, 0.717) is 24.4 Å². The van der Waals surface area contributed by atoms with Gasteiger partial charge in [0.25, 0.3) is 0 Å². The Balaban J connectivity index is 1.75. The van der Waals surface area contributed by atoms with Crippen LogP contribution in [-0.2, 0) is 21.0 Å². The van der Waals surface area contributed by atoms with Crippen LogP contribution in [0.15, 0.2) is 29.2 Å². The second-order valence-electron chi connectivity index (χ2n) is 7.76. The van der Waals surface area contributed by atoms with E-state index in [4.69, 9.17) is 0 Å². The number of carbonyl (C=O) groups is 1. The third kappa shape index (κ3) is 7.60. The number of hydrogen-bond acceptors (Lipinski definition) is 4. The van der Waals surface area contributed by atoms with Crippen LogP contribution in [0.25, 0.3) is 0 Å². The van der Waals surface area contributed by atoms with Gasteiger partial charge >= 0.3 is 6.18 Å². The summed E-state index contributed by atoms with van der Waals surface area (Å²) in [6.07, 6.45) is -2.68. The van der Waals surface area contributed by atoms with Gasteiger partial charge in [-0.1, -0.05) is 19.9 Å². The zero-order valence-corrected chi connectivity index (χ0v) is 17.4. The van der Waals surface area contributed by atoms with E-state index in [0.717, 1.165) is 44.3 Å². The molecule has 1 amide bonds. The Kier molecular flexibility index (Phi) is 8.07. The van der Waals surface area contributed by atoms with Gasteiger partial charge < -0.3 is 10.2 Å². The minimum atomic E-state index is -4.65. The Labute approximate surface area is 169 Å². The Morgan fingerprint density at radius 2 is 1.86 bits per heavy atom. The summed E-state index contributed by atoms with van der Waals surface area (Å²) in [6, 6.07) is 3.40. The van der Waals surface area contributed by atoms with Crippen LogP contribution in [0.5, 0.6) is 0 Å². The molecule has 2 unspecified atom stereocenters. The smallest absolute Gasteiger partial charge is 0.355 e. The second-order valence-corrected chi connectivity index (χ2v) is 9.53. The van der Waals surface area contributed by atoms with E-state index < -0.39 is 39.1 Å². The molecule has 6 nitrogen and oxygen atoms in total. The third-order valence-corrected chi connectivity index (χ3v) is 6.21. The fraction of sp³-hybridized carbons (Fsp3) is 0.632. The lowest BCUT2D eigenvalue weighted by Crippen LogP contribution is -2.41. The number of sulfonamides is 1. The number of alkyl halides is 3. The van der Waals surface area contributed by atoms with E-state index in [1.54, 1.807) is 0 Å². The first kappa shape index (κ1) is 23.6. The van der Waals surface area contributed by atoms with Crippen LogP contribution in [0.2, 0.25) is 0 Å². The highest BCUT2D eigenvalue weighted by Crippen LogP contribution is 2.30. The van der Waals surface area contributed by atoms with E-state index in [-0.39, 0.29) is 0 Å². The van der Waals surface area contributed by atoms with Gasteiger partial charge in [0.2, 0.25) is 15.9 Å². The highest BCUT2D eigenvalue weighted by Gasteiger charge is 2.31. The molecular weight excluding hydrogens is 407 g/mol. The predicted molar refractivity (Wildman–Crippen MR) is 104 cm³/mol. The molecule has 1 fully saturated rings. The summed E-state index contributed by atoms with van der Waals surface area (Å²) in [5.41, 5.74) is -1.06. The SMILES string of the molecule is CC1CC(C)CN(CCCNC(=O)CNS(=O)(=O)c2cccc(C(F)(F)F)c2)C1. The summed E-state index contributed by atoms with van der Waals surface area (Å²) >= 11 is 0. The van der Waals surface area contributed by atoms with Crippen LogP contribution in [-0.4, -0.2) is 51.9 Å². The van der Waals surface area contributed by atoms with Gasteiger partial charge in [0.1, 0.15) is 0 Å². The number of nitrogens with zero attached hydrogens (tertiary/aromatic N) is 1. The summed E-state index contributed by atoms with van der Waals surface area (Å²) in [7, 11) is -4.22. The number of piperidine rings is 1. The first-order valence-corrected chi connectivity index (χ1v) is 11.1. The molecule has 1 aliphatic rings. The summed E-state index contributed by atoms with van der Waals surface area (Å²) in [6.45, 7) is 7.25. The minimum absolute atomic E-state index is 0.406. The van der Waals surface area contributed by atoms with Crippen molar-refractivity contribution in [3.63, 3.8) is 0 Å². The van der Waals surface area contributed by atoms with Crippen LogP contribution < -0.4 is 10.0 Å². The van der Waals surface area contributed by atoms with Crippen molar-refractivity contribution in [3.05, 3.63) is 29.8 Å². The van der Waals surface area contributed by atoms with Gasteiger partial charge in [-0.3, -0.25) is 4.79 Å². The Hall–Kier alpha value is -1.65. The molecule has 0 aliphatic carbocycles. The molecule has 2 N–H and O–H groups in total. The van der Waals surface area contributed by atoms with Crippen molar-refractivity contribution in [2.24, 2.45) is 11.8 Å². The first-order valence-electron chi connectivity index (χ1n) is 9.63. The molecule has 2 rings (SSSR count). The van der Waals surface area contributed by atoms with E-state index in [1.165, 1.54) is 6.42 Å². The largest absolute Gasteiger partial charge is 0.416 e. The third-order valence-electron chi connectivity index (χ3n) is 4.81. The second kappa shape index (κ2) is 9.90. The number of hydrogen-bond donors (Lipinski definition) is 2. The van der Waals surface area contributed by atoms with E-state index in [2.05, 4.69) is 24.1 Å². The van der Waals surface area contributed by atoms with E-state index in [9.17, 15) is 26.4 Å². The molecule has 1 aromatic carbocycles. The predicted octanol–water partition coefficient (Wildman–Crippen LogP) is 2.47. The van der Waals surface area contributed by atoms with Crippen LogP contribution in [0, 0.1) is 11.8 Å². The number of likely N-dealkylation sites (tertiary alicyclic amines) is 1. The molecule has 0 spiro atoms. The summed E-state index contributed by atoms with van der Waals surface area (Å²) < 4.78 is 64.5. The van der Waals surface area contributed by atoms with Gasteiger partial charge in [0, 0.05) is 19.6 Å². The highest BCUT2D eigenvalue weighted by molar-refractivity contribution is 7.89. The number of rotatable bonds is 8. The fourth-order valence-corrected chi connectivity index (χ4v) is 4.68.